The fraction of sp³-hybridized carbons (Fsp3) is 0.375. The zero-order valence-corrected chi connectivity index (χ0v) is 13.0. The number of nitrogens with one attached hydrogen (secondary N) is 1. The van der Waals surface area contributed by atoms with Crippen molar-refractivity contribution in [2.24, 2.45) is 0 Å². The SMILES string of the molecule is C/C(=C(/C#N)C(=O)NCC(O)CO)c1ccc(N(C)C)cc1. The summed E-state index contributed by atoms with van der Waals surface area (Å²) in [6.45, 7) is 1.15. The van der Waals surface area contributed by atoms with Gasteiger partial charge in [-0.1, -0.05) is 12.1 Å². The molecule has 0 aliphatic heterocycles. The maximum absolute atomic E-state index is 12.0. The summed E-state index contributed by atoms with van der Waals surface area (Å²) in [5.74, 6) is -0.566. The van der Waals surface area contributed by atoms with E-state index < -0.39 is 18.6 Å². The molecule has 0 heterocycles. The Morgan fingerprint density at radius 2 is 1.95 bits per heavy atom. The number of nitrogens with zero attached hydrogens (tertiary/aromatic N) is 2. The number of amides is 1. The van der Waals surface area contributed by atoms with Gasteiger partial charge in [0.2, 0.25) is 0 Å². The first-order valence-electron chi connectivity index (χ1n) is 6.86. The molecule has 0 aliphatic rings. The van der Waals surface area contributed by atoms with E-state index in [0.29, 0.717) is 5.57 Å². The minimum absolute atomic E-state index is 0.0113. The second kappa shape index (κ2) is 8.17. The van der Waals surface area contributed by atoms with E-state index in [0.717, 1.165) is 11.3 Å². The molecule has 1 amide bonds. The Morgan fingerprint density at radius 3 is 2.41 bits per heavy atom. The topological polar surface area (TPSA) is 96.6 Å². The van der Waals surface area contributed by atoms with E-state index in [-0.39, 0.29) is 12.1 Å². The van der Waals surface area contributed by atoms with Crippen LogP contribution in [-0.2, 0) is 4.79 Å². The Labute approximate surface area is 130 Å². The van der Waals surface area contributed by atoms with Gasteiger partial charge >= 0.3 is 0 Å². The Kier molecular flexibility index (Phi) is 6.57. The smallest absolute Gasteiger partial charge is 0.262 e. The summed E-state index contributed by atoms with van der Waals surface area (Å²) in [7, 11) is 3.86. The summed E-state index contributed by atoms with van der Waals surface area (Å²) in [6.07, 6.45) is -1.04. The monoisotopic (exact) mass is 303 g/mol. The average Bonchev–Trinajstić information content (AvgIpc) is 2.53. The van der Waals surface area contributed by atoms with E-state index in [1.54, 1.807) is 6.92 Å². The van der Waals surface area contributed by atoms with Crippen LogP contribution in [0.4, 0.5) is 5.69 Å². The number of nitriles is 1. The molecule has 1 atom stereocenters. The first-order valence-corrected chi connectivity index (χ1v) is 6.86. The van der Waals surface area contributed by atoms with Crippen LogP contribution in [0.25, 0.3) is 5.57 Å². The molecule has 0 spiro atoms. The van der Waals surface area contributed by atoms with Crippen LogP contribution in [0.3, 0.4) is 0 Å². The zero-order valence-electron chi connectivity index (χ0n) is 13.0. The average molecular weight is 303 g/mol. The summed E-state index contributed by atoms with van der Waals surface area (Å²) in [5, 5.41) is 29.6. The van der Waals surface area contributed by atoms with Crippen molar-refractivity contribution < 1.29 is 15.0 Å². The standard InChI is InChI=1S/C16H21N3O3/c1-11(12-4-6-13(7-5-12)19(2)3)15(8-17)16(22)18-9-14(21)10-20/h4-7,14,20-21H,9-10H2,1-3H3,(H,18,22)/b15-11+. The van der Waals surface area contributed by atoms with Crippen molar-refractivity contribution in [1.82, 2.24) is 5.32 Å². The van der Waals surface area contributed by atoms with Crippen LogP contribution in [0.1, 0.15) is 12.5 Å². The van der Waals surface area contributed by atoms with Gasteiger partial charge in [0, 0.05) is 26.3 Å². The molecular formula is C16H21N3O3. The number of carbonyl (C=O) groups excluding carboxylic acids is 1. The molecule has 0 saturated heterocycles. The number of anilines is 1. The van der Waals surface area contributed by atoms with Gasteiger partial charge in [0.1, 0.15) is 11.6 Å². The van der Waals surface area contributed by atoms with Gasteiger partial charge in [-0.25, -0.2) is 0 Å². The van der Waals surface area contributed by atoms with Crippen molar-refractivity contribution in [2.75, 3.05) is 32.1 Å². The number of rotatable bonds is 6. The third kappa shape index (κ3) is 4.58. The molecule has 1 aromatic rings. The molecule has 3 N–H and O–H groups in total. The normalized spacial score (nSPS) is 12.9. The molecule has 6 nitrogen and oxygen atoms in total. The number of benzene rings is 1. The van der Waals surface area contributed by atoms with Crippen LogP contribution >= 0.6 is 0 Å². The number of aliphatic hydroxyl groups is 2. The molecule has 118 valence electrons. The van der Waals surface area contributed by atoms with Gasteiger partial charge in [0.15, 0.2) is 0 Å². The molecule has 0 saturated carbocycles. The maximum atomic E-state index is 12.0. The highest BCUT2D eigenvalue weighted by Crippen LogP contribution is 2.21. The Morgan fingerprint density at radius 1 is 1.36 bits per heavy atom. The van der Waals surface area contributed by atoms with Gasteiger partial charge in [-0.05, 0) is 30.2 Å². The second-order valence-electron chi connectivity index (χ2n) is 5.10. The van der Waals surface area contributed by atoms with E-state index in [4.69, 9.17) is 5.11 Å². The third-order valence-corrected chi connectivity index (χ3v) is 3.24. The fourth-order valence-corrected chi connectivity index (χ4v) is 1.82. The molecule has 1 aromatic carbocycles. The predicted octanol–water partition coefficient (Wildman–Crippen LogP) is 0.519. The number of hydrogen-bond donors (Lipinski definition) is 3. The van der Waals surface area contributed by atoms with Crippen molar-refractivity contribution in [3.8, 4) is 6.07 Å². The Bertz CT molecular complexity index is 586. The zero-order chi connectivity index (χ0) is 16.7. The number of allylic oxidation sites excluding steroid dienone is 1. The van der Waals surface area contributed by atoms with E-state index in [2.05, 4.69) is 5.32 Å². The predicted molar refractivity (Wildman–Crippen MR) is 85.1 cm³/mol. The largest absolute Gasteiger partial charge is 0.394 e. The first-order chi connectivity index (χ1) is 10.4. The minimum atomic E-state index is -1.04. The van der Waals surface area contributed by atoms with E-state index >= 15 is 0 Å². The lowest BCUT2D eigenvalue weighted by Gasteiger charge is -2.13. The third-order valence-electron chi connectivity index (χ3n) is 3.24. The van der Waals surface area contributed by atoms with Crippen LogP contribution < -0.4 is 10.2 Å². The van der Waals surface area contributed by atoms with Crippen molar-refractivity contribution >= 4 is 17.2 Å². The summed E-state index contributed by atoms with van der Waals surface area (Å²) in [4.78, 5) is 13.9. The fourth-order valence-electron chi connectivity index (χ4n) is 1.82. The molecule has 1 rings (SSSR count). The van der Waals surface area contributed by atoms with Crippen LogP contribution in [0.15, 0.2) is 29.8 Å². The van der Waals surface area contributed by atoms with Gasteiger partial charge in [-0.3, -0.25) is 4.79 Å². The lowest BCUT2D eigenvalue weighted by Crippen LogP contribution is -2.34. The molecule has 22 heavy (non-hydrogen) atoms. The minimum Gasteiger partial charge on any atom is -0.394 e. The quantitative estimate of drug-likeness (QED) is 0.526. The van der Waals surface area contributed by atoms with Crippen molar-refractivity contribution in [2.45, 2.75) is 13.0 Å². The van der Waals surface area contributed by atoms with Gasteiger partial charge in [-0.15, -0.1) is 0 Å². The molecule has 1 unspecified atom stereocenters. The number of aliphatic hydroxyl groups excluding tert-OH is 2. The van der Waals surface area contributed by atoms with Crippen LogP contribution in [0.5, 0.6) is 0 Å². The molecular weight excluding hydrogens is 282 g/mol. The van der Waals surface area contributed by atoms with Crippen molar-refractivity contribution in [1.29, 1.82) is 5.26 Å². The Hall–Kier alpha value is -2.36. The van der Waals surface area contributed by atoms with Gasteiger partial charge < -0.3 is 20.4 Å². The van der Waals surface area contributed by atoms with Crippen LogP contribution in [0.2, 0.25) is 0 Å². The second-order valence-corrected chi connectivity index (χ2v) is 5.10. The lowest BCUT2D eigenvalue weighted by atomic mass is 10.0. The van der Waals surface area contributed by atoms with E-state index in [1.165, 1.54) is 0 Å². The molecule has 0 bridgehead atoms. The highest BCUT2D eigenvalue weighted by Gasteiger charge is 2.15. The van der Waals surface area contributed by atoms with Gasteiger partial charge in [0.05, 0.1) is 12.7 Å². The summed E-state index contributed by atoms with van der Waals surface area (Å²) >= 11 is 0. The van der Waals surface area contributed by atoms with Crippen LogP contribution in [-0.4, -0.2) is 49.5 Å². The van der Waals surface area contributed by atoms with Crippen molar-refractivity contribution in [3.05, 3.63) is 35.4 Å². The van der Waals surface area contributed by atoms with Gasteiger partial charge in [0.25, 0.3) is 5.91 Å². The van der Waals surface area contributed by atoms with Gasteiger partial charge in [-0.2, -0.15) is 5.26 Å². The number of carbonyl (C=O) groups is 1. The van der Waals surface area contributed by atoms with Crippen molar-refractivity contribution in [3.63, 3.8) is 0 Å². The molecule has 0 radical (unpaired) electrons. The summed E-state index contributed by atoms with van der Waals surface area (Å²) in [5.41, 5.74) is 2.34. The number of hydrogen-bond acceptors (Lipinski definition) is 5. The summed E-state index contributed by atoms with van der Waals surface area (Å²) in [6, 6.07) is 9.39. The molecule has 0 aromatic heterocycles. The highest BCUT2D eigenvalue weighted by molar-refractivity contribution is 6.04. The lowest BCUT2D eigenvalue weighted by molar-refractivity contribution is -0.117. The molecule has 0 fully saturated rings. The Balaban J connectivity index is 2.96. The van der Waals surface area contributed by atoms with Crippen LogP contribution in [0, 0.1) is 11.3 Å². The summed E-state index contributed by atoms with van der Waals surface area (Å²) < 4.78 is 0. The first kappa shape index (κ1) is 17.7. The highest BCUT2D eigenvalue weighted by atomic mass is 16.3. The maximum Gasteiger partial charge on any atom is 0.262 e. The molecule has 0 aliphatic carbocycles. The van der Waals surface area contributed by atoms with E-state index in [9.17, 15) is 15.2 Å². The van der Waals surface area contributed by atoms with E-state index in [1.807, 2.05) is 49.3 Å². The molecule has 6 heteroatoms.